The fraction of sp³-hybridized carbons (Fsp3) is 0.333. The van der Waals surface area contributed by atoms with E-state index in [9.17, 15) is 18.0 Å². The normalized spacial score (nSPS) is 15.3. The number of halogens is 4. The van der Waals surface area contributed by atoms with Crippen molar-refractivity contribution in [3.05, 3.63) is 80.3 Å². The topological polar surface area (TPSA) is 101 Å². The maximum absolute atomic E-state index is 13.5. The van der Waals surface area contributed by atoms with Crippen LogP contribution in [0.1, 0.15) is 60.3 Å². The minimum Gasteiger partial charge on any atom is -0.480 e. The number of imidazole rings is 1. The van der Waals surface area contributed by atoms with Crippen LogP contribution in [0, 0.1) is 6.92 Å². The molecule has 0 bridgehead atoms. The summed E-state index contributed by atoms with van der Waals surface area (Å²) in [7, 11) is 1.54. The lowest BCUT2D eigenvalue weighted by Crippen LogP contribution is -2.23. The van der Waals surface area contributed by atoms with E-state index in [1.165, 1.54) is 13.4 Å². The van der Waals surface area contributed by atoms with Crippen LogP contribution in [0.4, 0.5) is 13.2 Å². The second kappa shape index (κ2) is 10.2. The van der Waals surface area contributed by atoms with E-state index in [0.717, 1.165) is 43.1 Å². The number of fused-ring (bicyclic) bond motifs is 1. The number of ether oxygens (including phenoxy) is 1. The molecule has 220 valence electrons. The molecule has 0 radical (unpaired) electrons. The van der Waals surface area contributed by atoms with Crippen LogP contribution < -0.4 is 10.3 Å². The zero-order valence-corrected chi connectivity index (χ0v) is 24.8. The van der Waals surface area contributed by atoms with Crippen LogP contribution in [0.15, 0.2) is 52.1 Å². The van der Waals surface area contributed by atoms with Gasteiger partial charge >= 0.3 is 6.18 Å². The summed E-state index contributed by atoms with van der Waals surface area (Å²) in [4.78, 5) is 35.8. The van der Waals surface area contributed by atoms with Gasteiger partial charge < -0.3 is 9.30 Å². The number of pyridine rings is 1. The van der Waals surface area contributed by atoms with Crippen molar-refractivity contribution in [3.63, 3.8) is 0 Å². The largest absolute Gasteiger partial charge is 0.480 e. The second-order valence-corrected chi connectivity index (χ2v) is 11.8. The molecule has 7 rings (SSSR count). The van der Waals surface area contributed by atoms with E-state index < -0.39 is 11.9 Å². The van der Waals surface area contributed by atoms with Crippen LogP contribution in [0.25, 0.3) is 33.8 Å². The van der Waals surface area contributed by atoms with Crippen molar-refractivity contribution in [3.8, 4) is 28.7 Å². The lowest BCUT2D eigenvalue weighted by Gasteiger charge is -2.15. The van der Waals surface area contributed by atoms with Crippen LogP contribution in [-0.2, 0) is 12.7 Å². The van der Waals surface area contributed by atoms with Crippen molar-refractivity contribution in [2.45, 2.75) is 57.3 Å². The molecule has 0 amide bonds. The van der Waals surface area contributed by atoms with Crippen LogP contribution >= 0.6 is 15.9 Å². The third-order valence-electron chi connectivity index (χ3n) is 7.83. The van der Waals surface area contributed by atoms with Gasteiger partial charge in [-0.05, 0) is 60.2 Å². The smallest absolute Gasteiger partial charge is 0.434 e. The SMILES string of the molecule is COc1ncnc(C2CC2)c1-c1nc(C)c2cc(Br)c(=O)n(Cc3ccc(-c4nc(C(F)(F)F)cn4C4CC4)cc3)c2n1. The highest BCUT2D eigenvalue weighted by atomic mass is 79.9. The van der Waals surface area contributed by atoms with Gasteiger partial charge in [0.2, 0.25) is 5.88 Å². The molecule has 0 aliphatic heterocycles. The van der Waals surface area contributed by atoms with E-state index in [0.29, 0.717) is 44.0 Å². The number of methoxy groups -OCH3 is 1. The van der Waals surface area contributed by atoms with E-state index in [1.54, 1.807) is 39.5 Å². The van der Waals surface area contributed by atoms with Crippen molar-refractivity contribution in [2.24, 2.45) is 0 Å². The molecular formula is C30H25BrF3N7O2. The number of rotatable bonds is 7. The number of hydrogen-bond acceptors (Lipinski definition) is 7. The van der Waals surface area contributed by atoms with Gasteiger partial charge in [0.1, 0.15) is 23.4 Å². The summed E-state index contributed by atoms with van der Waals surface area (Å²) in [6, 6.07) is 8.80. The van der Waals surface area contributed by atoms with Crippen LogP contribution in [0.5, 0.6) is 5.88 Å². The molecule has 43 heavy (non-hydrogen) atoms. The highest BCUT2D eigenvalue weighted by Crippen LogP contribution is 2.45. The molecule has 13 heteroatoms. The third-order valence-corrected chi connectivity index (χ3v) is 8.40. The Morgan fingerprint density at radius 3 is 2.44 bits per heavy atom. The lowest BCUT2D eigenvalue weighted by atomic mass is 10.1. The molecule has 2 fully saturated rings. The molecule has 4 aromatic heterocycles. The summed E-state index contributed by atoms with van der Waals surface area (Å²) in [6.45, 7) is 2.03. The molecule has 0 saturated heterocycles. The lowest BCUT2D eigenvalue weighted by molar-refractivity contribution is -0.140. The predicted octanol–water partition coefficient (Wildman–Crippen LogP) is 6.47. The number of nitrogens with zero attached hydrogens (tertiary/aromatic N) is 7. The maximum Gasteiger partial charge on any atom is 0.434 e. The van der Waals surface area contributed by atoms with Crippen molar-refractivity contribution in [1.29, 1.82) is 0 Å². The van der Waals surface area contributed by atoms with Gasteiger partial charge in [-0.2, -0.15) is 13.2 Å². The zero-order valence-electron chi connectivity index (χ0n) is 23.2. The van der Waals surface area contributed by atoms with E-state index >= 15 is 0 Å². The minimum absolute atomic E-state index is 0.0241. The number of alkyl halides is 3. The molecule has 0 N–H and O–H groups in total. The van der Waals surface area contributed by atoms with Crippen molar-refractivity contribution >= 4 is 27.0 Å². The van der Waals surface area contributed by atoms with Crippen LogP contribution in [0.3, 0.4) is 0 Å². The average Bonchev–Trinajstić information content (AvgIpc) is 3.93. The molecule has 0 atom stereocenters. The Morgan fingerprint density at radius 1 is 1.05 bits per heavy atom. The van der Waals surface area contributed by atoms with E-state index in [2.05, 4.69) is 30.9 Å². The second-order valence-electron chi connectivity index (χ2n) is 11.0. The average molecular weight is 652 g/mol. The summed E-state index contributed by atoms with van der Waals surface area (Å²) >= 11 is 3.40. The van der Waals surface area contributed by atoms with E-state index in [4.69, 9.17) is 14.7 Å². The molecule has 9 nitrogen and oxygen atoms in total. The minimum atomic E-state index is -4.52. The van der Waals surface area contributed by atoms with Gasteiger partial charge in [0.25, 0.3) is 5.56 Å². The number of aryl methyl sites for hydroxylation is 1. The molecule has 0 spiro atoms. The summed E-state index contributed by atoms with van der Waals surface area (Å²) < 4.78 is 49.4. The third kappa shape index (κ3) is 5.09. The standard InChI is InChI=1S/C30H25BrF3N7O2/c1-15-20-11-21(31)29(42)41(27(20)39-25(37-15)23-24(17-7-8-17)35-14-36-28(23)43-2)12-16-3-5-18(6-4-16)26-38-22(30(32,33)34)13-40(26)19-9-10-19/h3-6,11,13-14,17,19H,7-10,12H2,1-2H3. The number of hydrogen-bond donors (Lipinski definition) is 0. The van der Waals surface area contributed by atoms with Crippen molar-refractivity contribution in [2.75, 3.05) is 7.11 Å². The Kier molecular flexibility index (Phi) is 6.60. The molecule has 2 saturated carbocycles. The summed E-state index contributed by atoms with van der Waals surface area (Å²) in [5.41, 5.74) is 2.71. The number of aromatic nitrogens is 7. The highest BCUT2D eigenvalue weighted by molar-refractivity contribution is 9.10. The first-order valence-electron chi connectivity index (χ1n) is 13.8. The number of benzene rings is 1. The quantitative estimate of drug-likeness (QED) is 0.199. The van der Waals surface area contributed by atoms with Crippen LogP contribution in [-0.4, -0.2) is 41.2 Å². The van der Waals surface area contributed by atoms with Crippen molar-refractivity contribution in [1.82, 2.24) is 34.1 Å². The fourth-order valence-corrected chi connectivity index (χ4v) is 5.79. The Balaban J connectivity index is 1.30. The Hall–Kier alpha value is -4.13. The molecule has 4 heterocycles. The monoisotopic (exact) mass is 651 g/mol. The summed E-state index contributed by atoms with van der Waals surface area (Å²) in [6.07, 6.45) is 1.70. The molecule has 2 aliphatic carbocycles. The summed E-state index contributed by atoms with van der Waals surface area (Å²) in [5, 5.41) is 0.696. The molecule has 0 unspecified atom stereocenters. The van der Waals surface area contributed by atoms with Gasteiger partial charge in [-0.1, -0.05) is 24.3 Å². The van der Waals surface area contributed by atoms with Crippen LogP contribution in [0.2, 0.25) is 0 Å². The Bertz CT molecular complexity index is 1950. The van der Waals surface area contributed by atoms with Gasteiger partial charge in [-0.25, -0.2) is 24.9 Å². The fourth-order valence-electron chi connectivity index (χ4n) is 5.34. The van der Waals surface area contributed by atoms with Gasteiger partial charge in [-0.3, -0.25) is 9.36 Å². The molecule has 2 aliphatic rings. The molecule has 1 aromatic carbocycles. The van der Waals surface area contributed by atoms with Gasteiger partial charge in [0, 0.05) is 29.1 Å². The van der Waals surface area contributed by atoms with Gasteiger partial charge in [0.15, 0.2) is 11.5 Å². The van der Waals surface area contributed by atoms with E-state index in [-0.39, 0.29) is 29.9 Å². The van der Waals surface area contributed by atoms with Crippen molar-refractivity contribution < 1.29 is 17.9 Å². The first-order valence-corrected chi connectivity index (χ1v) is 14.6. The molecule has 5 aromatic rings. The van der Waals surface area contributed by atoms with E-state index in [1.807, 2.05) is 6.92 Å². The first kappa shape index (κ1) is 27.7. The zero-order chi connectivity index (χ0) is 30.0. The van der Waals surface area contributed by atoms with Gasteiger partial charge in [0.05, 0.1) is 29.5 Å². The maximum atomic E-state index is 13.5. The Morgan fingerprint density at radius 2 is 1.79 bits per heavy atom. The summed E-state index contributed by atoms with van der Waals surface area (Å²) in [5.74, 6) is 1.31. The highest BCUT2D eigenvalue weighted by Gasteiger charge is 2.37. The predicted molar refractivity (Wildman–Crippen MR) is 156 cm³/mol. The molecular weight excluding hydrogens is 627 g/mol. The first-order chi connectivity index (χ1) is 20.6. The van der Waals surface area contributed by atoms with Gasteiger partial charge in [-0.15, -0.1) is 0 Å². The Labute approximate surface area is 252 Å².